The fourth-order valence-electron chi connectivity index (χ4n) is 5.85. The smallest absolute Gasteiger partial charge is 0.412 e. The molecule has 0 spiro atoms. The van der Waals surface area contributed by atoms with Gasteiger partial charge in [0.25, 0.3) is 0 Å². The van der Waals surface area contributed by atoms with Crippen LogP contribution in [0, 0.1) is 5.41 Å². The SMILES string of the molecule is CC[C@](C)(N1CC(C)OC1=O)N1C(=O)[C@@](C)(CC(=O)O)C[C@H](c2cccc(Cl)c2)[C@H]1c1ccc(Cl)cc1. The highest BCUT2D eigenvalue weighted by Gasteiger charge is 2.58. The predicted molar refractivity (Wildman–Crippen MR) is 142 cm³/mol. The number of likely N-dealkylation sites (tertiary alicyclic amines) is 1. The molecule has 2 aliphatic rings. The van der Waals surface area contributed by atoms with Crippen LogP contribution in [-0.2, 0) is 14.3 Å². The third-order valence-electron chi connectivity index (χ3n) is 7.83. The summed E-state index contributed by atoms with van der Waals surface area (Å²) in [5.41, 5.74) is -0.578. The van der Waals surface area contributed by atoms with Gasteiger partial charge in [0, 0.05) is 16.0 Å². The Morgan fingerprint density at radius 1 is 1.14 bits per heavy atom. The Kier molecular flexibility index (Phi) is 7.50. The van der Waals surface area contributed by atoms with Crippen LogP contribution in [0.25, 0.3) is 0 Å². The lowest BCUT2D eigenvalue weighted by Gasteiger charge is -2.57. The molecular formula is C28H32Cl2N2O5. The van der Waals surface area contributed by atoms with Crippen molar-refractivity contribution in [3.8, 4) is 0 Å². The Balaban J connectivity index is 1.98. The highest BCUT2D eigenvalue weighted by atomic mass is 35.5. The van der Waals surface area contributed by atoms with Crippen molar-refractivity contribution in [2.45, 2.75) is 70.7 Å². The number of carboxylic acid groups (broad SMARTS) is 1. The zero-order valence-electron chi connectivity index (χ0n) is 21.4. The molecule has 0 bridgehead atoms. The monoisotopic (exact) mass is 546 g/mol. The molecule has 2 aromatic rings. The summed E-state index contributed by atoms with van der Waals surface area (Å²) < 4.78 is 5.47. The maximum Gasteiger partial charge on any atom is 0.412 e. The second kappa shape index (κ2) is 10.2. The summed E-state index contributed by atoms with van der Waals surface area (Å²) in [5.74, 6) is -1.67. The molecule has 4 rings (SSSR count). The van der Waals surface area contributed by atoms with E-state index >= 15 is 0 Å². The number of rotatable bonds is 7. The zero-order chi connectivity index (χ0) is 27.1. The van der Waals surface area contributed by atoms with Crippen LogP contribution in [-0.4, -0.2) is 51.2 Å². The van der Waals surface area contributed by atoms with E-state index in [4.69, 9.17) is 27.9 Å². The van der Waals surface area contributed by atoms with Crippen molar-refractivity contribution in [1.82, 2.24) is 9.80 Å². The van der Waals surface area contributed by atoms with Gasteiger partial charge < -0.3 is 14.7 Å². The van der Waals surface area contributed by atoms with Crippen molar-refractivity contribution >= 4 is 41.2 Å². The van der Waals surface area contributed by atoms with Crippen LogP contribution in [0.15, 0.2) is 48.5 Å². The summed E-state index contributed by atoms with van der Waals surface area (Å²) in [7, 11) is 0. The number of amides is 2. The Hall–Kier alpha value is -2.77. The van der Waals surface area contributed by atoms with Gasteiger partial charge >= 0.3 is 12.1 Å². The predicted octanol–water partition coefficient (Wildman–Crippen LogP) is 6.50. The molecule has 0 aliphatic carbocycles. The minimum absolute atomic E-state index is 0.295. The fraction of sp³-hybridized carbons (Fsp3) is 0.464. The van der Waals surface area contributed by atoms with E-state index < -0.39 is 29.2 Å². The number of piperidine rings is 1. The minimum Gasteiger partial charge on any atom is -0.481 e. The van der Waals surface area contributed by atoms with Gasteiger partial charge in [-0.2, -0.15) is 0 Å². The zero-order valence-corrected chi connectivity index (χ0v) is 22.9. The number of nitrogens with zero attached hydrogens (tertiary/aromatic N) is 2. The first kappa shape index (κ1) is 27.3. The summed E-state index contributed by atoms with van der Waals surface area (Å²) in [5, 5.41) is 10.9. The van der Waals surface area contributed by atoms with E-state index in [-0.39, 0.29) is 24.3 Å². The largest absolute Gasteiger partial charge is 0.481 e. The second-order valence-electron chi connectivity index (χ2n) is 10.5. The molecule has 37 heavy (non-hydrogen) atoms. The molecule has 2 heterocycles. The average molecular weight is 547 g/mol. The van der Waals surface area contributed by atoms with Gasteiger partial charge in [-0.1, -0.05) is 61.3 Å². The number of aliphatic carboxylic acids is 1. The molecular weight excluding hydrogens is 515 g/mol. The van der Waals surface area contributed by atoms with Gasteiger partial charge in [-0.3, -0.25) is 14.5 Å². The van der Waals surface area contributed by atoms with Crippen LogP contribution in [0.1, 0.15) is 70.0 Å². The summed E-state index contributed by atoms with van der Waals surface area (Å²) in [6.07, 6.45) is -0.461. The number of hydrogen-bond donors (Lipinski definition) is 1. The third kappa shape index (κ3) is 5.04. The molecule has 0 radical (unpaired) electrons. The van der Waals surface area contributed by atoms with Gasteiger partial charge in [0.15, 0.2) is 0 Å². The number of halogens is 2. The third-order valence-corrected chi connectivity index (χ3v) is 8.31. The first-order valence-corrected chi connectivity index (χ1v) is 13.2. The van der Waals surface area contributed by atoms with Gasteiger partial charge in [0.2, 0.25) is 5.91 Å². The number of benzene rings is 2. The summed E-state index contributed by atoms with van der Waals surface area (Å²) >= 11 is 12.6. The van der Waals surface area contributed by atoms with Gasteiger partial charge in [0.05, 0.1) is 24.4 Å². The molecule has 1 N–H and O–H groups in total. The van der Waals surface area contributed by atoms with Crippen LogP contribution < -0.4 is 0 Å². The number of hydrogen-bond acceptors (Lipinski definition) is 4. The normalized spacial score (nSPS) is 27.7. The van der Waals surface area contributed by atoms with Crippen molar-refractivity contribution < 1.29 is 24.2 Å². The minimum atomic E-state index is -1.21. The van der Waals surface area contributed by atoms with Gasteiger partial charge in [0.1, 0.15) is 11.8 Å². The highest BCUT2D eigenvalue weighted by Crippen LogP contribution is 2.54. The standard InChI is InChI=1S/C28H32Cl2N2O5/c1-5-28(4,31-16-17(2)37-26(31)36)32-24(18-9-11-20(29)12-10-18)22(19-7-6-8-21(30)13-19)14-27(3,25(32)35)15-23(33)34/h6-13,17,22,24H,5,14-16H2,1-4H3,(H,33,34)/t17?,22-,24-,27-,28-/m1/s1. The fourth-order valence-corrected chi connectivity index (χ4v) is 6.17. The molecule has 7 nitrogen and oxygen atoms in total. The van der Waals surface area contributed by atoms with Crippen LogP contribution in [0.2, 0.25) is 10.0 Å². The number of cyclic esters (lactones) is 1. The van der Waals surface area contributed by atoms with Gasteiger partial charge in [-0.25, -0.2) is 4.79 Å². The molecule has 198 valence electrons. The quantitative estimate of drug-likeness (QED) is 0.428. The van der Waals surface area contributed by atoms with E-state index in [1.165, 1.54) is 0 Å². The van der Waals surface area contributed by atoms with Crippen molar-refractivity contribution in [3.05, 3.63) is 69.7 Å². The topological polar surface area (TPSA) is 87.2 Å². The van der Waals surface area contributed by atoms with Gasteiger partial charge in [-0.05, 0) is 62.1 Å². The number of carbonyl (C=O) groups is 3. The maximum atomic E-state index is 14.5. The van der Waals surface area contributed by atoms with E-state index in [1.807, 2.05) is 51.1 Å². The lowest BCUT2D eigenvalue weighted by atomic mass is 9.66. The first-order valence-electron chi connectivity index (χ1n) is 12.4. The van der Waals surface area contributed by atoms with Crippen molar-refractivity contribution in [2.75, 3.05) is 6.54 Å². The molecule has 1 unspecified atom stereocenters. The van der Waals surface area contributed by atoms with E-state index in [0.717, 1.165) is 11.1 Å². The Labute approximate surface area is 227 Å². The Bertz CT molecular complexity index is 1210. The van der Waals surface area contributed by atoms with Crippen LogP contribution in [0.5, 0.6) is 0 Å². The van der Waals surface area contributed by atoms with Crippen LogP contribution >= 0.6 is 23.2 Å². The maximum absolute atomic E-state index is 14.5. The first-order chi connectivity index (χ1) is 17.4. The summed E-state index contributed by atoms with van der Waals surface area (Å²) in [6.45, 7) is 7.60. The number of carbonyl (C=O) groups excluding carboxylic acids is 2. The molecule has 5 atom stereocenters. The molecule has 0 aromatic heterocycles. The Morgan fingerprint density at radius 2 is 1.81 bits per heavy atom. The molecule has 0 saturated carbocycles. The van der Waals surface area contributed by atoms with Crippen molar-refractivity contribution in [2.24, 2.45) is 5.41 Å². The number of ether oxygens (including phenoxy) is 1. The van der Waals surface area contributed by atoms with Gasteiger partial charge in [-0.15, -0.1) is 0 Å². The lowest BCUT2D eigenvalue weighted by molar-refractivity contribution is -0.173. The van der Waals surface area contributed by atoms with Crippen molar-refractivity contribution in [1.29, 1.82) is 0 Å². The van der Waals surface area contributed by atoms with E-state index in [2.05, 4.69) is 0 Å². The highest BCUT2D eigenvalue weighted by molar-refractivity contribution is 6.30. The van der Waals surface area contributed by atoms with Crippen LogP contribution in [0.3, 0.4) is 0 Å². The molecule has 2 aliphatic heterocycles. The molecule has 2 aromatic carbocycles. The molecule has 2 saturated heterocycles. The van der Waals surface area contributed by atoms with Crippen molar-refractivity contribution in [3.63, 3.8) is 0 Å². The van der Waals surface area contributed by atoms with Crippen LogP contribution in [0.4, 0.5) is 4.79 Å². The molecule has 9 heteroatoms. The van der Waals surface area contributed by atoms with E-state index in [9.17, 15) is 19.5 Å². The second-order valence-corrected chi connectivity index (χ2v) is 11.4. The Morgan fingerprint density at radius 3 is 2.35 bits per heavy atom. The summed E-state index contributed by atoms with van der Waals surface area (Å²) in [6, 6.07) is 14.2. The molecule has 2 amide bonds. The van der Waals surface area contributed by atoms with E-state index in [1.54, 1.807) is 34.9 Å². The number of carboxylic acids is 1. The van der Waals surface area contributed by atoms with E-state index in [0.29, 0.717) is 29.4 Å². The summed E-state index contributed by atoms with van der Waals surface area (Å²) in [4.78, 5) is 42.8. The lowest BCUT2D eigenvalue weighted by Crippen LogP contribution is -2.67. The average Bonchev–Trinajstić information content (AvgIpc) is 3.18. The molecule has 2 fully saturated rings.